The molecule has 3 aromatic rings. The second kappa shape index (κ2) is 7.09. The molecular formula is C18H18N2OS. The SMILES string of the molecule is Nc1nc(-c2cccc(OCCCc3ccccc3)c2)cs1. The number of benzene rings is 2. The smallest absolute Gasteiger partial charge is 0.180 e. The van der Waals surface area contributed by atoms with Crippen LogP contribution >= 0.6 is 11.3 Å². The maximum absolute atomic E-state index is 5.84. The lowest BCUT2D eigenvalue weighted by molar-refractivity contribution is 0.311. The molecule has 0 spiro atoms. The highest BCUT2D eigenvalue weighted by molar-refractivity contribution is 7.13. The summed E-state index contributed by atoms with van der Waals surface area (Å²) in [5.74, 6) is 0.872. The fourth-order valence-corrected chi connectivity index (χ4v) is 2.85. The van der Waals surface area contributed by atoms with Gasteiger partial charge in [0.2, 0.25) is 0 Å². The summed E-state index contributed by atoms with van der Waals surface area (Å²) < 4.78 is 5.84. The van der Waals surface area contributed by atoms with Crippen LogP contribution in [0.4, 0.5) is 5.13 Å². The Bertz CT molecular complexity index is 725. The Balaban J connectivity index is 1.55. The monoisotopic (exact) mass is 310 g/mol. The molecule has 112 valence electrons. The van der Waals surface area contributed by atoms with Crippen LogP contribution in [0.25, 0.3) is 11.3 Å². The maximum atomic E-state index is 5.84. The quantitative estimate of drug-likeness (QED) is 0.686. The van der Waals surface area contributed by atoms with Gasteiger partial charge in [0.05, 0.1) is 12.3 Å². The van der Waals surface area contributed by atoms with Crippen LogP contribution < -0.4 is 10.5 Å². The van der Waals surface area contributed by atoms with Crippen molar-refractivity contribution in [3.63, 3.8) is 0 Å². The summed E-state index contributed by atoms with van der Waals surface area (Å²) in [5.41, 5.74) is 8.96. The van der Waals surface area contributed by atoms with Crippen LogP contribution in [-0.2, 0) is 6.42 Å². The van der Waals surface area contributed by atoms with Crippen LogP contribution in [0.15, 0.2) is 60.0 Å². The first kappa shape index (κ1) is 14.6. The Morgan fingerprint density at radius 1 is 1.05 bits per heavy atom. The van der Waals surface area contributed by atoms with Gasteiger partial charge in [0.15, 0.2) is 5.13 Å². The third-order valence-electron chi connectivity index (χ3n) is 3.37. The van der Waals surface area contributed by atoms with Gasteiger partial charge in [-0.05, 0) is 30.5 Å². The molecule has 4 heteroatoms. The fraction of sp³-hybridized carbons (Fsp3) is 0.167. The zero-order valence-corrected chi connectivity index (χ0v) is 13.1. The second-order valence-corrected chi connectivity index (χ2v) is 5.93. The maximum Gasteiger partial charge on any atom is 0.180 e. The second-order valence-electron chi connectivity index (χ2n) is 5.04. The Morgan fingerprint density at radius 2 is 1.91 bits per heavy atom. The number of aryl methyl sites for hydroxylation is 1. The van der Waals surface area contributed by atoms with Gasteiger partial charge >= 0.3 is 0 Å². The number of aromatic nitrogens is 1. The highest BCUT2D eigenvalue weighted by Gasteiger charge is 2.04. The summed E-state index contributed by atoms with van der Waals surface area (Å²) in [6, 6.07) is 18.5. The molecule has 3 rings (SSSR count). The summed E-state index contributed by atoms with van der Waals surface area (Å²) in [4.78, 5) is 4.30. The zero-order valence-electron chi connectivity index (χ0n) is 12.2. The van der Waals surface area contributed by atoms with Crippen molar-refractivity contribution in [2.45, 2.75) is 12.8 Å². The van der Waals surface area contributed by atoms with Gasteiger partial charge in [-0.15, -0.1) is 11.3 Å². The largest absolute Gasteiger partial charge is 0.494 e. The molecule has 0 unspecified atom stereocenters. The van der Waals surface area contributed by atoms with Crippen LogP contribution in [0.5, 0.6) is 5.75 Å². The molecular weight excluding hydrogens is 292 g/mol. The summed E-state index contributed by atoms with van der Waals surface area (Å²) in [6.45, 7) is 0.706. The molecule has 1 aromatic heterocycles. The molecule has 2 aromatic carbocycles. The highest BCUT2D eigenvalue weighted by Crippen LogP contribution is 2.26. The molecule has 0 radical (unpaired) electrons. The van der Waals surface area contributed by atoms with Gasteiger partial charge in [-0.1, -0.05) is 42.5 Å². The number of rotatable bonds is 6. The first-order valence-electron chi connectivity index (χ1n) is 7.29. The van der Waals surface area contributed by atoms with E-state index in [9.17, 15) is 0 Å². The molecule has 0 saturated heterocycles. The van der Waals surface area contributed by atoms with Crippen molar-refractivity contribution in [3.05, 3.63) is 65.5 Å². The van der Waals surface area contributed by atoms with Gasteiger partial charge in [0, 0.05) is 10.9 Å². The molecule has 0 fully saturated rings. The van der Waals surface area contributed by atoms with Crippen molar-refractivity contribution in [2.24, 2.45) is 0 Å². The number of ether oxygens (including phenoxy) is 1. The first-order chi connectivity index (χ1) is 10.8. The average Bonchev–Trinajstić information content (AvgIpc) is 3.00. The minimum atomic E-state index is 0.587. The van der Waals surface area contributed by atoms with Crippen molar-refractivity contribution in [2.75, 3.05) is 12.3 Å². The van der Waals surface area contributed by atoms with Gasteiger partial charge in [-0.3, -0.25) is 0 Å². The lowest BCUT2D eigenvalue weighted by Gasteiger charge is -2.07. The number of hydrogen-bond acceptors (Lipinski definition) is 4. The predicted octanol–water partition coefficient (Wildman–Crippen LogP) is 4.40. The summed E-state index contributed by atoms with van der Waals surface area (Å²) in [7, 11) is 0. The van der Waals surface area contributed by atoms with E-state index in [0.717, 1.165) is 29.8 Å². The molecule has 0 aliphatic rings. The average molecular weight is 310 g/mol. The minimum Gasteiger partial charge on any atom is -0.494 e. The molecule has 22 heavy (non-hydrogen) atoms. The van der Waals surface area contributed by atoms with Crippen LogP contribution in [0, 0.1) is 0 Å². The zero-order chi connectivity index (χ0) is 15.2. The molecule has 0 aliphatic heterocycles. The van der Waals surface area contributed by atoms with E-state index in [1.54, 1.807) is 0 Å². The van der Waals surface area contributed by atoms with E-state index >= 15 is 0 Å². The van der Waals surface area contributed by atoms with E-state index in [4.69, 9.17) is 10.5 Å². The molecule has 0 saturated carbocycles. The van der Waals surface area contributed by atoms with Gasteiger partial charge in [0.1, 0.15) is 5.75 Å². The van der Waals surface area contributed by atoms with Crippen molar-refractivity contribution >= 4 is 16.5 Å². The number of anilines is 1. The van der Waals surface area contributed by atoms with E-state index in [0.29, 0.717) is 11.7 Å². The van der Waals surface area contributed by atoms with E-state index < -0.39 is 0 Å². The Labute approximate surface area is 134 Å². The van der Waals surface area contributed by atoms with Crippen molar-refractivity contribution in [3.8, 4) is 17.0 Å². The van der Waals surface area contributed by atoms with Gasteiger partial charge < -0.3 is 10.5 Å². The van der Waals surface area contributed by atoms with Crippen LogP contribution in [-0.4, -0.2) is 11.6 Å². The number of nitrogen functional groups attached to an aromatic ring is 1. The summed E-state index contributed by atoms with van der Waals surface area (Å²) >= 11 is 1.45. The Kier molecular flexibility index (Phi) is 4.71. The van der Waals surface area contributed by atoms with Crippen LogP contribution in [0.3, 0.4) is 0 Å². The number of hydrogen-bond donors (Lipinski definition) is 1. The van der Waals surface area contributed by atoms with Crippen molar-refractivity contribution in [1.29, 1.82) is 0 Å². The first-order valence-corrected chi connectivity index (χ1v) is 8.17. The number of thiazole rings is 1. The molecule has 1 heterocycles. The van der Waals surface area contributed by atoms with Gasteiger partial charge in [0.25, 0.3) is 0 Å². The highest BCUT2D eigenvalue weighted by atomic mass is 32.1. The summed E-state index contributed by atoms with van der Waals surface area (Å²) in [5, 5.41) is 2.55. The van der Waals surface area contributed by atoms with E-state index in [-0.39, 0.29) is 0 Å². The lowest BCUT2D eigenvalue weighted by atomic mass is 10.1. The fourth-order valence-electron chi connectivity index (χ4n) is 2.28. The van der Waals surface area contributed by atoms with Gasteiger partial charge in [-0.2, -0.15) is 0 Å². The Hall–Kier alpha value is -2.33. The van der Waals surface area contributed by atoms with Crippen molar-refractivity contribution in [1.82, 2.24) is 4.98 Å². The van der Waals surface area contributed by atoms with Crippen molar-refractivity contribution < 1.29 is 4.74 Å². The molecule has 0 amide bonds. The third-order valence-corrected chi connectivity index (χ3v) is 4.05. The molecule has 0 atom stereocenters. The molecule has 2 N–H and O–H groups in total. The van der Waals surface area contributed by atoms with Crippen LogP contribution in [0.1, 0.15) is 12.0 Å². The van der Waals surface area contributed by atoms with E-state index in [1.807, 2.05) is 35.7 Å². The molecule has 0 bridgehead atoms. The van der Waals surface area contributed by atoms with E-state index in [2.05, 4.69) is 29.2 Å². The minimum absolute atomic E-state index is 0.587. The summed E-state index contributed by atoms with van der Waals surface area (Å²) in [6.07, 6.45) is 2.03. The number of nitrogens with zero attached hydrogens (tertiary/aromatic N) is 1. The lowest BCUT2D eigenvalue weighted by Crippen LogP contribution is -1.99. The topological polar surface area (TPSA) is 48.1 Å². The Morgan fingerprint density at radius 3 is 2.68 bits per heavy atom. The third kappa shape index (κ3) is 3.86. The standard InChI is InChI=1S/C18H18N2OS/c19-18-20-17(13-22-18)15-9-4-10-16(12-15)21-11-5-8-14-6-2-1-3-7-14/h1-4,6-7,9-10,12-13H,5,8,11H2,(H2,19,20). The van der Waals surface area contributed by atoms with Crippen LogP contribution in [0.2, 0.25) is 0 Å². The predicted molar refractivity (Wildman–Crippen MR) is 92.2 cm³/mol. The molecule has 3 nitrogen and oxygen atoms in total. The number of nitrogens with two attached hydrogens (primary N) is 1. The molecule has 0 aliphatic carbocycles. The van der Waals surface area contributed by atoms with Gasteiger partial charge in [-0.25, -0.2) is 4.98 Å². The van der Waals surface area contributed by atoms with E-state index in [1.165, 1.54) is 16.9 Å². The normalized spacial score (nSPS) is 10.5.